The van der Waals surface area contributed by atoms with E-state index in [-0.39, 0.29) is 0 Å². The Balaban J connectivity index is 2.01. The quantitative estimate of drug-likeness (QED) is 0.886. The fourth-order valence-corrected chi connectivity index (χ4v) is 3.18. The van der Waals surface area contributed by atoms with Crippen LogP contribution in [-0.2, 0) is 6.42 Å². The number of rotatable bonds is 4. The van der Waals surface area contributed by atoms with Crippen molar-refractivity contribution in [3.8, 4) is 0 Å². The van der Waals surface area contributed by atoms with Gasteiger partial charge in [0.2, 0.25) is 0 Å². The molecule has 0 bridgehead atoms. The van der Waals surface area contributed by atoms with E-state index >= 15 is 0 Å². The van der Waals surface area contributed by atoms with Gasteiger partial charge >= 0.3 is 0 Å². The number of hydrogen-bond acceptors (Lipinski definition) is 2. The predicted octanol–water partition coefficient (Wildman–Crippen LogP) is 3.82. The maximum absolute atomic E-state index is 10.6. The van der Waals surface area contributed by atoms with Gasteiger partial charge in [-0.25, -0.2) is 0 Å². The fraction of sp³-hybridized carbons (Fsp3) is 0.600. The van der Waals surface area contributed by atoms with Crippen LogP contribution in [-0.4, -0.2) is 23.3 Å². The lowest BCUT2D eigenvalue weighted by atomic mass is 9.87. The lowest BCUT2D eigenvalue weighted by Crippen LogP contribution is -2.41. The van der Waals surface area contributed by atoms with Crippen molar-refractivity contribution in [1.29, 1.82) is 0 Å². The lowest BCUT2D eigenvalue weighted by Gasteiger charge is -2.32. The molecule has 2 atom stereocenters. The molecule has 1 saturated heterocycles. The van der Waals surface area contributed by atoms with Crippen LogP contribution < -0.4 is 5.32 Å². The minimum Gasteiger partial charge on any atom is -0.390 e. The summed E-state index contributed by atoms with van der Waals surface area (Å²) in [4.78, 5) is 0. The molecule has 1 aromatic carbocycles. The Bertz CT molecular complexity index is 428. The van der Waals surface area contributed by atoms with E-state index < -0.39 is 5.60 Å². The average molecular weight is 302 g/mol. The number of hydrogen-bond donors (Lipinski definition) is 2. The fourth-order valence-electron chi connectivity index (χ4n) is 2.80. The molecule has 0 radical (unpaired) electrons. The minimum absolute atomic E-state index is 0.404. The first-order valence-electron chi connectivity index (χ1n) is 6.86. The molecule has 1 aliphatic heterocycles. The summed E-state index contributed by atoms with van der Waals surface area (Å²) < 4.78 is 0. The van der Waals surface area contributed by atoms with Gasteiger partial charge in [0.1, 0.15) is 0 Å². The van der Waals surface area contributed by atoms with Gasteiger partial charge in [0.15, 0.2) is 0 Å². The van der Waals surface area contributed by atoms with Crippen molar-refractivity contribution in [1.82, 2.24) is 5.32 Å². The second-order valence-corrected chi connectivity index (χ2v) is 6.52. The molecule has 0 saturated carbocycles. The van der Waals surface area contributed by atoms with Gasteiger partial charge in [0.05, 0.1) is 15.6 Å². The Labute approximate surface area is 125 Å². The summed E-state index contributed by atoms with van der Waals surface area (Å²) in [5.74, 6) is 0. The summed E-state index contributed by atoms with van der Waals surface area (Å²) in [6.07, 6.45) is 4.89. The first-order valence-corrected chi connectivity index (χ1v) is 7.62. The molecule has 1 aromatic rings. The highest BCUT2D eigenvalue weighted by Gasteiger charge is 2.27. The van der Waals surface area contributed by atoms with Crippen LogP contribution in [0.3, 0.4) is 0 Å². The van der Waals surface area contributed by atoms with Gasteiger partial charge < -0.3 is 10.4 Å². The Hall–Kier alpha value is -0.280. The van der Waals surface area contributed by atoms with Gasteiger partial charge in [-0.1, -0.05) is 41.8 Å². The van der Waals surface area contributed by atoms with E-state index in [2.05, 4.69) is 5.32 Å². The van der Waals surface area contributed by atoms with Crippen molar-refractivity contribution in [3.63, 3.8) is 0 Å². The maximum Gasteiger partial charge on any atom is 0.0675 e. The van der Waals surface area contributed by atoms with E-state index in [4.69, 9.17) is 23.2 Å². The van der Waals surface area contributed by atoms with Gasteiger partial charge in [0, 0.05) is 12.5 Å². The van der Waals surface area contributed by atoms with Crippen LogP contribution in [0.5, 0.6) is 0 Å². The summed E-state index contributed by atoms with van der Waals surface area (Å²) in [7, 11) is 0. The van der Waals surface area contributed by atoms with E-state index in [1.165, 1.54) is 12.8 Å². The maximum atomic E-state index is 10.6. The van der Waals surface area contributed by atoms with Crippen molar-refractivity contribution in [2.75, 3.05) is 6.54 Å². The molecule has 0 spiro atoms. The summed E-state index contributed by atoms with van der Waals surface area (Å²) in [6.45, 7) is 2.93. The normalized spacial score (nSPS) is 23.1. The summed E-state index contributed by atoms with van der Waals surface area (Å²) >= 11 is 12.2. The van der Waals surface area contributed by atoms with E-state index in [0.717, 1.165) is 24.9 Å². The van der Waals surface area contributed by atoms with Gasteiger partial charge in [-0.3, -0.25) is 0 Å². The van der Waals surface area contributed by atoms with Crippen LogP contribution in [0.1, 0.15) is 38.2 Å². The van der Waals surface area contributed by atoms with Crippen LogP contribution in [0.25, 0.3) is 0 Å². The highest BCUT2D eigenvalue weighted by atomic mass is 35.5. The first-order chi connectivity index (χ1) is 8.98. The van der Waals surface area contributed by atoms with Crippen molar-refractivity contribution < 1.29 is 5.11 Å². The number of aliphatic hydroxyl groups is 1. The zero-order chi connectivity index (χ0) is 13.9. The summed E-state index contributed by atoms with van der Waals surface area (Å²) in [6, 6.07) is 5.97. The Kier molecular flexibility index (Phi) is 5.13. The van der Waals surface area contributed by atoms with Crippen molar-refractivity contribution in [2.24, 2.45) is 0 Å². The van der Waals surface area contributed by atoms with E-state index in [9.17, 15) is 5.11 Å². The Morgan fingerprint density at radius 3 is 2.84 bits per heavy atom. The molecule has 2 N–H and O–H groups in total. The zero-order valence-electron chi connectivity index (χ0n) is 11.3. The highest BCUT2D eigenvalue weighted by molar-refractivity contribution is 6.42. The van der Waals surface area contributed by atoms with Gasteiger partial charge in [-0.2, -0.15) is 0 Å². The van der Waals surface area contributed by atoms with Crippen molar-refractivity contribution >= 4 is 23.2 Å². The number of benzene rings is 1. The average Bonchev–Trinajstić information content (AvgIpc) is 2.35. The first kappa shape index (κ1) is 15.1. The van der Waals surface area contributed by atoms with Gasteiger partial charge in [-0.05, 0) is 44.4 Å². The Morgan fingerprint density at radius 1 is 1.37 bits per heavy atom. The van der Waals surface area contributed by atoms with Crippen molar-refractivity contribution in [3.05, 3.63) is 33.8 Å². The molecule has 1 heterocycles. The predicted molar refractivity (Wildman–Crippen MR) is 81.0 cm³/mol. The molecule has 1 fully saturated rings. The topological polar surface area (TPSA) is 32.3 Å². The molecule has 106 valence electrons. The molecular weight excluding hydrogens is 281 g/mol. The van der Waals surface area contributed by atoms with E-state index in [1.54, 1.807) is 6.07 Å². The molecule has 0 aliphatic carbocycles. The third-order valence-corrected chi connectivity index (χ3v) is 4.56. The van der Waals surface area contributed by atoms with Crippen LogP contribution in [0.15, 0.2) is 18.2 Å². The van der Waals surface area contributed by atoms with Crippen LogP contribution in [0.4, 0.5) is 0 Å². The molecule has 4 heteroatoms. The van der Waals surface area contributed by atoms with Crippen LogP contribution in [0.2, 0.25) is 10.0 Å². The highest BCUT2D eigenvalue weighted by Crippen LogP contribution is 2.30. The molecule has 19 heavy (non-hydrogen) atoms. The summed E-state index contributed by atoms with van der Waals surface area (Å²) in [5, 5.41) is 15.2. The lowest BCUT2D eigenvalue weighted by molar-refractivity contribution is 0.0371. The molecule has 2 unspecified atom stereocenters. The largest absolute Gasteiger partial charge is 0.390 e. The van der Waals surface area contributed by atoms with E-state index in [1.807, 2.05) is 19.1 Å². The van der Waals surface area contributed by atoms with Crippen LogP contribution >= 0.6 is 23.2 Å². The number of nitrogens with one attached hydrogen (secondary N) is 1. The third kappa shape index (κ3) is 4.35. The van der Waals surface area contributed by atoms with Crippen LogP contribution in [0, 0.1) is 0 Å². The number of piperidine rings is 1. The SMILES string of the molecule is CC(O)(Cc1cccc(Cl)c1Cl)CC1CCCCN1. The molecule has 1 aliphatic rings. The molecule has 2 rings (SSSR count). The zero-order valence-corrected chi connectivity index (χ0v) is 12.8. The summed E-state index contributed by atoms with van der Waals surface area (Å²) in [5.41, 5.74) is 0.151. The number of halogens is 2. The molecule has 0 aromatic heterocycles. The second kappa shape index (κ2) is 6.45. The molecule has 2 nitrogen and oxygen atoms in total. The smallest absolute Gasteiger partial charge is 0.0675 e. The third-order valence-electron chi connectivity index (χ3n) is 3.70. The monoisotopic (exact) mass is 301 g/mol. The van der Waals surface area contributed by atoms with E-state index in [0.29, 0.717) is 22.5 Å². The van der Waals surface area contributed by atoms with Crippen molar-refractivity contribution in [2.45, 2.75) is 50.7 Å². The van der Waals surface area contributed by atoms with Gasteiger partial charge in [-0.15, -0.1) is 0 Å². The molecular formula is C15H21Cl2NO. The molecule has 0 amide bonds. The standard InChI is InChI=1S/C15H21Cl2NO/c1-15(19,10-12-6-2-3-8-18-12)9-11-5-4-7-13(16)14(11)17/h4-5,7,12,18-19H,2-3,6,8-10H2,1H3. The Morgan fingerprint density at radius 2 is 2.16 bits per heavy atom. The minimum atomic E-state index is -0.761. The van der Waals surface area contributed by atoms with Gasteiger partial charge in [0.25, 0.3) is 0 Å². The second-order valence-electron chi connectivity index (χ2n) is 5.74.